The minimum atomic E-state index is 0.107. The maximum absolute atomic E-state index is 12.7. The molecule has 0 N–H and O–H groups in total. The molecule has 2 aliphatic rings. The molecule has 2 saturated heterocycles. The Bertz CT molecular complexity index is 597. The molecule has 2 fully saturated rings. The second kappa shape index (κ2) is 6.73. The van der Waals surface area contributed by atoms with Crippen LogP contribution in [0.15, 0.2) is 18.2 Å². The Morgan fingerprint density at radius 3 is 2.26 bits per heavy atom. The van der Waals surface area contributed by atoms with Crippen LogP contribution in [0.3, 0.4) is 0 Å². The summed E-state index contributed by atoms with van der Waals surface area (Å²) < 4.78 is 0. The van der Waals surface area contributed by atoms with Gasteiger partial charge in [-0.15, -0.1) is 0 Å². The molecule has 1 aromatic rings. The largest absolute Gasteiger partial charge is 0.342 e. The summed E-state index contributed by atoms with van der Waals surface area (Å²) in [5.41, 5.74) is 3.01. The zero-order valence-electron chi connectivity index (χ0n) is 14.2. The lowest BCUT2D eigenvalue weighted by molar-refractivity contribution is -0.135. The molecule has 4 heteroatoms. The Labute approximate surface area is 138 Å². The number of piperidine rings is 1. The highest BCUT2D eigenvalue weighted by Crippen LogP contribution is 2.24. The predicted octanol–water partition coefficient (Wildman–Crippen LogP) is 2.78. The highest BCUT2D eigenvalue weighted by atomic mass is 16.2. The first-order valence-electron chi connectivity index (χ1n) is 8.72. The smallest absolute Gasteiger partial charge is 0.254 e. The van der Waals surface area contributed by atoms with Crippen LogP contribution in [-0.2, 0) is 4.79 Å². The van der Waals surface area contributed by atoms with Crippen LogP contribution in [0.4, 0.5) is 0 Å². The first-order valence-corrected chi connectivity index (χ1v) is 8.72. The second-order valence-electron chi connectivity index (χ2n) is 6.85. The van der Waals surface area contributed by atoms with Gasteiger partial charge in [0.1, 0.15) is 0 Å². The molecule has 3 rings (SSSR count). The standard InChI is InChI=1S/C19H26N2O2/c1-14-6-5-7-17(15(14)2)19(23)21-12-8-16(9-13-21)18(22)20-10-3-4-11-20/h5-7,16H,3-4,8-13H2,1-2H3. The van der Waals surface area contributed by atoms with Crippen molar-refractivity contribution in [2.75, 3.05) is 26.2 Å². The number of amides is 2. The van der Waals surface area contributed by atoms with Gasteiger partial charge >= 0.3 is 0 Å². The van der Waals surface area contributed by atoms with Crippen molar-refractivity contribution in [2.45, 2.75) is 39.5 Å². The van der Waals surface area contributed by atoms with Gasteiger partial charge in [0, 0.05) is 37.7 Å². The molecule has 0 bridgehead atoms. The second-order valence-corrected chi connectivity index (χ2v) is 6.85. The Balaban J connectivity index is 1.61. The maximum Gasteiger partial charge on any atom is 0.254 e. The number of hydrogen-bond donors (Lipinski definition) is 0. The number of nitrogens with zero attached hydrogens (tertiary/aromatic N) is 2. The van der Waals surface area contributed by atoms with Crippen LogP contribution < -0.4 is 0 Å². The number of rotatable bonds is 2. The molecule has 23 heavy (non-hydrogen) atoms. The number of likely N-dealkylation sites (tertiary alicyclic amines) is 2. The molecule has 0 unspecified atom stereocenters. The molecule has 0 radical (unpaired) electrons. The fourth-order valence-electron chi connectivity index (χ4n) is 3.68. The van der Waals surface area contributed by atoms with Crippen molar-refractivity contribution in [3.63, 3.8) is 0 Å². The first-order chi connectivity index (χ1) is 11.1. The number of aryl methyl sites for hydroxylation is 1. The first kappa shape index (κ1) is 16.0. The Morgan fingerprint density at radius 1 is 0.957 bits per heavy atom. The number of benzene rings is 1. The summed E-state index contributed by atoms with van der Waals surface area (Å²) in [7, 11) is 0. The number of hydrogen-bond acceptors (Lipinski definition) is 2. The van der Waals surface area contributed by atoms with Crippen molar-refractivity contribution < 1.29 is 9.59 Å². The Morgan fingerprint density at radius 2 is 1.61 bits per heavy atom. The molecule has 0 aliphatic carbocycles. The van der Waals surface area contributed by atoms with Gasteiger partial charge in [-0.3, -0.25) is 9.59 Å². The van der Waals surface area contributed by atoms with E-state index in [0.29, 0.717) is 19.0 Å². The minimum absolute atomic E-state index is 0.107. The summed E-state index contributed by atoms with van der Waals surface area (Å²) in [5.74, 6) is 0.523. The van der Waals surface area contributed by atoms with E-state index < -0.39 is 0 Å². The molecule has 2 heterocycles. The quantitative estimate of drug-likeness (QED) is 0.842. The highest BCUT2D eigenvalue weighted by molar-refractivity contribution is 5.96. The normalized spacial score (nSPS) is 19.2. The van der Waals surface area contributed by atoms with Gasteiger partial charge in [-0.05, 0) is 56.7 Å². The van der Waals surface area contributed by atoms with E-state index >= 15 is 0 Å². The average Bonchev–Trinajstić information content (AvgIpc) is 3.11. The van der Waals surface area contributed by atoms with E-state index in [1.54, 1.807) is 0 Å². The van der Waals surface area contributed by atoms with Gasteiger partial charge in [0.25, 0.3) is 5.91 Å². The minimum Gasteiger partial charge on any atom is -0.342 e. The van der Waals surface area contributed by atoms with Gasteiger partial charge in [-0.2, -0.15) is 0 Å². The summed E-state index contributed by atoms with van der Waals surface area (Å²) >= 11 is 0. The fourth-order valence-corrected chi connectivity index (χ4v) is 3.68. The van der Waals surface area contributed by atoms with E-state index in [-0.39, 0.29) is 11.8 Å². The molecule has 0 saturated carbocycles. The molecular weight excluding hydrogens is 288 g/mol. The van der Waals surface area contributed by atoms with Crippen LogP contribution in [-0.4, -0.2) is 47.8 Å². The van der Waals surface area contributed by atoms with E-state index in [9.17, 15) is 9.59 Å². The Hall–Kier alpha value is -1.84. The summed E-state index contributed by atoms with van der Waals surface area (Å²) in [6.45, 7) is 7.26. The van der Waals surface area contributed by atoms with Gasteiger partial charge in [-0.1, -0.05) is 12.1 Å². The maximum atomic E-state index is 12.7. The molecule has 1 aromatic carbocycles. The number of carbonyl (C=O) groups excluding carboxylic acids is 2. The van der Waals surface area contributed by atoms with Crippen LogP contribution >= 0.6 is 0 Å². The number of carbonyl (C=O) groups is 2. The monoisotopic (exact) mass is 314 g/mol. The molecule has 2 amide bonds. The SMILES string of the molecule is Cc1cccc(C(=O)N2CCC(C(=O)N3CCCC3)CC2)c1C. The van der Waals surface area contributed by atoms with E-state index in [0.717, 1.165) is 55.5 Å². The van der Waals surface area contributed by atoms with Crippen molar-refractivity contribution in [1.82, 2.24) is 9.80 Å². The average molecular weight is 314 g/mol. The summed E-state index contributed by atoms with van der Waals surface area (Å²) in [6, 6.07) is 5.89. The van der Waals surface area contributed by atoms with Crippen LogP contribution in [0.2, 0.25) is 0 Å². The van der Waals surface area contributed by atoms with E-state index in [2.05, 4.69) is 0 Å². The lowest BCUT2D eigenvalue weighted by Crippen LogP contribution is -2.43. The van der Waals surface area contributed by atoms with Gasteiger partial charge in [0.05, 0.1) is 0 Å². The van der Waals surface area contributed by atoms with Crippen LogP contribution in [0.1, 0.15) is 47.2 Å². The van der Waals surface area contributed by atoms with Gasteiger partial charge in [0.2, 0.25) is 5.91 Å². The van der Waals surface area contributed by atoms with Crippen LogP contribution in [0.25, 0.3) is 0 Å². The van der Waals surface area contributed by atoms with Crippen molar-refractivity contribution >= 4 is 11.8 Å². The predicted molar refractivity (Wildman–Crippen MR) is 90.4 cm³/mol. The highest BCUT2D eigenvalue weighted by Gasteiger charge is 2.31. The molecule has 0 atom stereocenters. The topological polar surface area (TPSA) is 40.6 Å². The van der Waals surface area contributed by atoms with E-state index in [4.69, 9.17) is 0 Å². The third-order valence-corrected chi connectivity index (χ3v) is 5.38. The molecule has 0 aromatic heterocycles. The summed E-state index contributed by atoms with van der Waals surface area (Å²) in [4.78, 5) is 29.1. The molecule has 2 aliphatic heterocycles. The fraction of sp³-hybridized carbons (Fsp3) is 0.579. The van der Waals surface area contributed by atoms with Crippen molar-refractivity contribution in [3.8, 4) is 0 Å². The van der Waals surface area contributed by atoms with Crippen molar-refractivity contribution in [3.05, 3.63) is 34.9 Å². The zero-order chi connectivity index (χ0) is 16.4. The molecule has 124 valence electrons. The lowest BCUT2D eigenvalue weighted by Gasteiger charge is -2.33. The third-order valence-electron chi connectivity index (χ3n) is 5.38. The molecule has 4 nitrogen and oxygen atoms in total. The lowest BCUT2D eigenvalue weighted by atomic mass is 9.94. The van der Waals surface area contributed by atoms with Crippen LogP contribution in [0.5, 0.6) is 0 Å². The van der Waals surface area contributed by atoms with Gasteiger partial charge in [0.15, 0.2) is 0 Å². The van der Waals surface area contributed by atoms with E-state index in [1.165, 1.54) is 0 Å². The summed E-state index contributed by atoms with van der Waals surface area (Å²) in [6.07, 6.45) is 3.86. The zero-order valence-corrected chi connectivity index (χ0v) is 14.2. The Kier molecular flexibility index (Phi) is 4.69. The molecular formula is C19H26N2O2. The summed E-state index contributed by atoms with van der Waals surface area (Å²) in [5, 5.41) is 0. The van der Waals surface area contributed by atoms with Gasteiger partial charge < -0.3 is 9.80 Å². The van der Waals surface area contributed by atoms with Crippen LogP contribution in [0, 0.1) is 19.8 Å². The molecule has 0 spiro atoms. The van der Waals surface area contributed by atoms with Crippen molar-refractivity contribution in [2.24, 2.45) is 5.92 Å². The third kappa shape index (κ3) is 3.26. The van der Waals surface area contributed by atoms with Crippen molar-refractivity contribution in [1.29, 1.82) is 0 Å². The van der Waals surface area contributed by atoms with E-state index in [1.807, 2.05) is 41.8 Å². The van der Waals surface area contributed by atoms with Gasteiger partial charge in [-0.25, -0.2) is 0 Å².